The summed E-state index contributed by atoms with van der Waals surface area (Å²) in [5.74, 6) is -0.0503. The van der Waals surface area contributed by atoms with Gasteiger partial charge in [-0.2, -0.15) is 0 Å². The molecule has 1 atom stereocenters. The highest BCUT2D eigenvalue weighted by Gasteiger charge is 2.43. The molecule has 2 heterocycles. The highest BCUT2D eigenvalue weighted by atomic mass is 16.2. The summed E-state index contributed by atoms with van der Waals surface area (Å²) < 4.78 is 0. The summed E-state index contributed by atoms with van der Waals surface area (Å²) in [5, 5.41) is 2.98. The van der Waals surface area contributed by atoms with Crippen LogP contribution in [0.25, 0.3) is 0 Å². The van der Waals surface area contributed by atoms with E-state index < -0.39 is 6.04 Å². The molecule has 2 aromatic carbocycles. The predicted molar refractivity (Wildman–Crippen MR) is 106 cm³/mol. The van der Waals surface area contributed by atoms with E-state index in [0.29, 0.717) is 12.1 Å². The van der Waals surface area contributed by atoms with E-state index in [1.807, 2.05) is 56.3 Å². The van der Waals surface area contributed by atoms with Gasteiger partial charge in [0.05, 0.1) is 23.9 Å². The van der Waals surface area contributed by atoms with Crippen LogP contribution >= 0.6 is 0 Å². The van der Waals surface area contributed by atoms with Gasteiger partial charge >= 0.3 is 6.03 Å². The maximum Gasteiger partial charge on any atom is 0.322 e. The number of anilines is 1. The summed E-state index contributed by atoms with van der Waals surface area (Å²) in [6.07, 6.45) is 0. The maximum absolute atomic E-state index is 13.3. The van der Waals surface area contributed by atoms with Crippen molar-refractivity contribution in [3.05, 3.63) is 76.0 Å². The summed E-state index contributed by atoms with van der Waals surface area (Å²) in [6, 6.07) is 13.4. The Bertz CT molecular complexity index is 976. The number of carbonyl (C=O) groups excluding carboxylic acids is 2. The summed E-state index contributed by atoms with van der Waals surface area (Å²) >= 11 is 0. The Balaban J connectivity index is 1.76. The molecular weight excluding hydrogens is 338 g/mol. The van der Waals surface area contributed by atoms with Gasteiger partial charge in [0.1, 0.15) is 0 Å². The Hall–Kier alpha value is -3.08. The fraction of sp³-hybridized carbons (Fsp3) is 0.273. The Kier molecular flexibility index (Phi) is 4.02. The van der Waals surface area contributed by atoms with Crippen LogP contribution in [0, 0.1) is 20.8 Å². The molecule has 2 aromatic rings. The molecule has 5 heteroatoms. The molecule has 2 aliphatic rings. The topological polar surface area (TPSA) is 52.7 Å². The third-order valence-corrected chi connectivity index (χ3v) is 5.57. The van der Waals surface area contributed by atoms with Crippen LogP contribution in [-0.2, 0) is 4.79 Å². The molecule has 0 unspecified atom stereocenters. The van der Waals surface area contributed by atoms with Gasteiger partial charge in [-0.15, -0.1) is 0 Å². The van der Waals surface area contributed by atoms with Gasteiger partial charge < -0.3 is 10.2 Å². The Labute approximate surface area is 159 Å². The van der Waals surface area contributed by atoms with Crippen molar-refractivity contribution >= 4 is 17.6 Å². The highest BCUT2D eigenvalue weighted by Crippen LogP contribution is 2.37. The van der Waals surface area contributed by atoms with Crippen LogP contribution in [0.1, 0.15) is 28.3 Å². The van der Waals surface area contributed by atoms with Crippen LogP contribution in [-0.4, -0.2) is 30.4 Å². The first-order valence-electron chi connectivity index (χ1n) is 9.10. The van der Waals surface area contributed by atoms with Crippen molar-refractivity contribution < 1.29 is 9.59 Å². The highest BCUT2D eigenvalue weighted by molar-refractivity contribution is 6.11. The molecule has 0 fully saturated rings. The fourth-order valence-electron chi connectivity index (χ4n) is 3.68. The first-order chi connectivity index (χ1) is 12.9. The predicted octanol–water partition coefficient (Wildman–Crippen LogP) is 3.61. The van der Waals surface area contributed by atoms with Crippen LogP contribution in [0.15, 0.2) is 53.7 Å². The Morgan fingerprint density at radius 2 is 1.67 bits per heavy atom. The zero-order chi connectivity index (χ0) is 19.3. The van der Waals surface area contributed by atoms with Crippen LogP contribution < -0.4 is 10.2 Å². The molecule has 27 heavy (non-hydrogen) atoms. The van der Waals surface area contributed by atoms with E-state index in [9.17, 15) is 9.59 Å². The van der Waals surface area contributed by atoms with Crippen molar-refractivity contribution in [2.45, 2.75) is 26.8 Å². The van der Waals surface area contributed by atoms with E-state index in [0.717, 1.165) is 28.1 Å². The standard InChI is InChI=1S/C22H23N3O2/c1-13-5-8-16(9-6-13)20-19-18(24(4)22(27)23-20)12-25(21(19)26)17-10-7-14(2)15(3)11-17/h5-11,20H,12H2,1-4H3,(H,23,27)/t20-/m0/s1. The van der Waals surface area contributed by atoms with Crippen molar-refractivity contribution in [1.82, 2.24) is 10.2 Å². The van der Waals surface area contributed by atoms with Crippen LogP contribution in [0.3, 0.4) is 0 Å². The van der Waals surface area contributed by atoms with Crippen LogP contribution in [0.4, 0.5) is 10.5 Å². The number of benzene rings is 2. The van der Waals surface area contributed by atoms with Crippen LogP contribution in [0.2, 0.25) is 0 Å². The third kappa shape index (κ3) is 2.79. The molecular formula is C22H23N3O2. The van der Waals surface area contributed by atoms with Gasteiger partial charge in [-0.05, 0) is 49.6 Å². The largest absolute Gasteiger partial charge is 0.327 e. The monoisotopic (exact) mass is 361 g/mol. The number of aryl methyl sites for hydroxylation is 3. The van der Waals surface area contributed by atoms with Gasteiger partial charge in [0.25, 0.3) is 5.91 Å². The number of rotatable bonds is 2. The first-order valence-corrected chi connectivity index (χ1v) is 9.10. The fourth-order valence-corrected chi connectivity index (χ4v) is 3.68. The zero-order valence-corrected chi connectivity index (χ0v) is 16.0. The molecule has 0 aromatic heterocycles. The van der Waals surface area contributed by atoms with Gasteiger partial charge in [-0.1, -0.05) is 35.9 Å². The Morgan fingerprint density at radius 1 is 0.963 bits per heavy atom. The second kappa shape index (κ2) is 6.27. The lowest BCUT2D eigenvalue weighted by Crippen LogP contribution is -2.45. The molecule has 138 valence electrons. The van der Waals surface area contributed by atoms with Gasteiger partial charge in [0.2, 0.25) is 0 Å². The third-order valence-electron chi connectivity index (χ3n) is 5.57. The van der Waals surface area contributed by atoms with E-state index in [2.05, 4.69) is 12.2 Å². The van der Waals surface area contributed by atoms with Crippen molar-refractivity contribution in [1.29, 1.82) is 0 Å². The number of likely N-dealkylation sites (N-methyl/N-ethyl adjacent to an activating group) is 1. The maximum atomic E-state index is 13.3. The van der Waals surface area contributed by atoms with Gasteiger partial charge in [-0.3, -0.25) is 9.69 Å². The van der Waals surface area contributed by atoms with Crippen LogP contribution in [0.5, 0.6) is 0 Å². The van der Waals surface area contributed by atoms with Crippen molar-refractivity contribution in [2.24, 2.45) is 0 Å². The van der Waals surface area contributed by atoms with Crippen molar-refractivity contribution in [3.8, 4) is 0 Å². The number of hydrogen-bond acceptors (Lipinski definition) is 2. The minimum Gasteiger partial charge on any atom is -0.327 e. The molecule has 0 aliphatic carbocycles. The molecule has 0 radical (unpaired) electrons. The first kappa shape index (κ1) is 17.3. The second-order valence-corrected chi connectivity index (χ2v) is 7.37. The second-order valence-electron chi connectivity index (χ2n) is 7.37. The molecule has 4 rings (SSSR count). The van der Waals surface area contributed by atoms with Gasteiger partial charge in [-0.25, -0.2) is 4.79 Å². The smallest absolute Gasteiger partial charge is 0.322 e. The zero-order valence-electron chi connectivity index (χ0n) is 16.0. The average Bonchev–Trinajstić information content (AvgIpc) is 2.99. The molecule has 3 amide bonds. The van der Waals surface area contributed by atoms with Gasteiger partial charge in [0.15, 0.2) is 0 Å². The summed E-state index contributed by atoms with van der Waals surface area (Å²) in [7, 11) is 1.72. The lowest BCUT2D eigenvalue weighted by Gasteiger charge is -2.31. The lowest BCUT2D eigenvalue weighted by atomic mass is 9.95. The van der Waals surface area contributed by atoms with E-state index in [4.69, 9.17) is 0 Å². The van der Waals surface area contributed by atoms with E-state index in [-0.39, 0.29) is 11.9 Å². The number of hydrogen-bond donors (Lipinski definition) is 1. The average molecular weight is 361 g/mol. The summed E-state index contributed by atoms with van der Waals surface area (Å²) in [6.45, 7) is 6.52. The van der Waals surface area contributed by atoms with Gasteiger partial charge in [0, 0.05) is 12.7 Å². The number of nitrogens with zero attached hydrogens (tertiary/aromatic N) is 2. The molecule has 0 spiro atoms. The van der Waals surface area contributed by atoms with Crippen molar-refractivity contribution in [2.75, 3.05) is 18.5 Å². The van der Waals surface area contributed by atoms with Crippen molar-refractivity contribution in [3.63, 3.8) is 0 Å². The SMILES string of the molecule is Cc1ccc([C@@H]2NC(=O)N(C)C3=C2C(=O)N(c2ccc(C)c(C)c2)C3)cc1. The molecule has 0 bridgehead atoms. The quantitative estimate of drug-likeness (QED) is 0.888. The van der Waals surface area contributed by atoms with E-state index in [1.165, 1.54) is 5.56 Å². The molecule has 2 aliphatic heterocycles. The van der Waals surface area contributed by atoms with E-state index >= 15 is 0 Å². The number of amides is 3. The normalized spacial score (nSPS) is 19.5. The number of nitrogens with one attached hydrogen (secondary N) is 1. The molecule has 1 N–H and O–H groups in total. The molecule has 5 nitrogen and oxygen atoms in total. The van der Waals surface area contributed by atoms with E-state index in [1.54, 1.807) is 16.8 Å². The lowest BCUT2D eigenvalue weighted by molar-refractivity contribution is -0.114. The number of urea groups is 1. The Morgan fingerprint density at radius 3 is 2.33 bits per heavy atom. The molecule has 0 saturated carbocycles. The minimum absolute atomic E-state index is 0.0503. The summed E-state index contributed by atoms with van der Waals surface area (Å²) in [5.41, 5.74) is 6.68. The minimum atomic E-state index is -0.423. The summed E-state index contributed by atoms with van der Waals surface area (Å²) in [4.78, 5) is 29.1. The number of carbonyl (C=O) groups is 2. The molecule has 0 saturated heterocycles.